The minimum absolute atomic E-state index is 0.00380. The third-order valence-corrected chi connectivity index (χ3v) is 6.67. The molecule has 180 valence electrons. The quantitative estimate of drug-likeness (QED) is 0.325. The van der Waals surface area contributed by atoms with Crippen molar-refractivity contribution < 1.29 is 13.6 Å². The highest BCUT2D eigenvalue weighted by Crippen LogP contribution is 2.32. The monoisotopic (exact) mass is 478 g/mol. The van der Waals surface area contributed by atoms with Gasteiger partial charge in [-0.2, -0.15) is 0 Å². The highest BCUT2D eigenvalue weighted by Gasteiger charge is 2.28. The van der Waals surface area contributed by atoms with E-state index in [0.717, 1.165) is 6.54 Å². The molecule has 0 N–H and O–H groups in total. The fraction of sp³-hybridized carbons (Fsp3) is 0.207. The van der Waals surface area contributed by atoms with Gasteiger partial charge in [0, 0.05) is 36.9 Å². The number of carbonyl (C=O) groups is 1. The summed E-state index contributed by atoms with van der Waals surface area (Å²) in [4.78, 5) is 27.4. The summed E-state index contributed by atoms with van der Waals surface area (Å²) < 4.78 is 11.2. The first-order valence-electron chi connectivity index (χ1n) is 12.1. The Bertz CT molecular complexity index is 1530. The number of furan rings is 2. The van der Waals surface area contributed by atoms with Crippen LogP contribution in [0.1, 0.15) is 22.8 Å². The highest BCUT2D eigenvalue weighted by atomic mass is 16.3. The lowest BCUT2D eigenvalue weighted by Crippen LogP contribution is -2.53. The van der Waals surface area contributed by atoms with Gasteiger partial charge in [-0.15, -0.1) is 0 Å². The SMILES string of the molecule is Cc1cccc(N2CCN(C(=O)c3ccc4nc(-c5ccco5)c(-c5ccco5)nc4c3)CC2C)c1. The van der Waals surface area contributed by atoms with E-state index in [-0.39, 0.29) is 11.9 Å². The van der Waals surface area contributed by atoms with E-state index in [0.29, 0.717) is 52.6 Å². The summed E-state index contributed by atoms with van der Waals surface area (Å²) in [6.07, 6.45) is 3.21. The van der Waals surface area contributed by atoms with Gasteiger partial charge in [0.05, 0.1) is 23.6 Å². The zero-order valence-corrected chi connectivity index (χ0v) is 20.2. The minimum atomic E-state index is 0.00380. The summed E-state index contributed by atoms with van der Waals surface area (Å²) >= 11 is 0. The summed E-state index contributed by atoms with van der Waals surface area (Å²) in [6.45, 7) is 6.38. The van der Waals surface area contributed by atoms with Crippen molar-refractivity contribution in [3.8, 4) is 22.9 Å². The van der Waals surface area contributed by atoms with Crippen LogP contribution in [0.2, 0.25) is 0 Å². The van der Waals surface area contributed by atoms with Crippen molar-refractivity contribution in [2.45, 2.75) is 19.9 Å². The second-order valence-electron chi connectivity index (χ2n) is 9.21. The van der Waals surface area contributed by atoms with Crippen molar-refractivity contribution in [2.75, 3.05) is 24.5 Å². The zero-order valence-electron chi connectivity index (χ0n) is 20.2. The largest absolute Gasteiger partial charge is 0.463 e. The van der Waals surface area contributed by atoms with Crippen LogP contribution in [0.5, 0.6) is 0 Å². The Morgan fingerprint density at radius 3 is 2.22 bits per heavy atom. The number of aryl methyl sites for hydroxylation is 1. The Hall–Kier alpha value is -4.39. The van der Waals surface area contributed by atoms with Crippen LogP contribution in [0.25, 0.3) is 33.9 Å². The number of aromatic nitrogens is 2. The Balaban J connectivity index is 1.29. The molecule has 3 aromatic heterocycles. The molecule has 0 spiro atoms. The number of benzene rings is 2. The van der Waals surface area contributed by atoms with Gasteiger partial charge < -0.3 is 18.6 Å². The molecule has 1 saturated heterocycles. The summed E-state index contributed by atoms with van der Waals surface area (Å²) in [6, 6.07) is 21.5. The van der Waals surface area contributed by atoms with Crippen LogP contribution in [0.3, 0.4) is 0 Å². The molecule has 0 saturated carbocycles. The molecule has 0 aliphatic carbocycles. The normalized spacial score (nSPS) is 16.0. The average molecular weight is 479 g/mol. The van der Waals surface area contributed by atoms with Crippen LogP contribution in [0.4, 0.5) is 5.69 Å². The van der Waals surface area contributed by atoms with Crippen molar-refractivity contribution in [3.05, 3.63) is 90.4 Å². The Labute approximate surface area is 209 Å². The smallest absolute Gasteiger partial charge is 0.254 e. The maximum absolute atomic E-state index is 13.5. The van der Waals surface area contributed by atoms with Gasteiger partial charge in [0.1, 0.15) is 11.4 Å². The summed E-state index contributed by atoms with van der Waals surface area (Å²) in [5.74, 6) is 1.20. The number of rotatable bonds is 4. The van der Waals surface area contributed by atoms with Gasteiger partial charge >= 0.3 is 0 Å². The van der Waals surface area contributed by atoms with Crippen LogP contribution >= 0.6 is 0 Å². The topological polar surface area (TPSA) is 75.6 Å². The molecule has 0 radical (unpaired) electrons. The number of hydrogen-bond acceptors (Lipinski definition) is 6. The lowest BCUT2D eigenvalue weighted by Gasteiger charge is -2.41. The minimum Gasteiger partial charge on any atom is -0.463 e. The number of anilines is 1. The van der Waals surface area contributed by atoms with E-state index >= 15 is 0 Å². The molecule has 1 unspecified atom stereocenters. The molecule has 1 aliphatic rings. The second-order valence-corrected chi connectivity index (χ2v) is 9.21. The van der Waals surface area contributed by atoms with Gasteiger partial charge in [-0.1, -0.05) is 12.1 Å². The van der Waals surface area contributed by atoms with Gasteiger partial charge in [-0.25, -0.2) is 9.97 Å². The van der Waals surface area contributed by atoms with Crippen molar-refractivity contribution in [3.63, 3.8) is 0 Å². The summed E-state index contributed by atoms with van der Waals surface area (Å²) in [7, 11) is 0. The van der Waals surface area contributed by atoms with E-state index in [9.17, 15) is 4.79 Å². The molecule has 1 aliphatic heterocycles. The van der Waals surface area contributed by atoms with Crippen molar-refractivity contribution in [1.82, 2.24) is 14.9 Å². The van der Waals surface area contributed by atoms with Crippen LogP contribution in [-0.2, 0) is 0 Å². The number of nitrogens with zero attached hydrogens (tertiary/aromatic N) is 4. The standard InChI is InChI=1S/C29H26N4O3/c1-19-6-3-7-22(16-19)33-13-12-32(18-20(33)2)29(34)21-10-11-23-24(17-21)31-28(26-9-5-15-36-26)27(30-23)25-8-4-14-35-25/h3-11,14-17,20H,12-13,18H2,1-2H3. The Morgan fingerprint density at radius 1 is 0.861 bits per heavy atom. The van der Waals surface area contributed by atoms with E-state index in [1.54, 1.807) is 12.5 Å². The maximum Gasteiger partial charge on any atom is 0.254 e. The first-order valence-corrected chi connectivity index (χ1v) is 12.1. The van der Waals surface area contributed by atoms with Crippen molar-refractivity contribution in [1.29, 1.82) is 0 Å². The number of amides is 1. The predicted octanol–water partition coefficient (Wildman–Crippen LogP) is 5.81. The fourth-order valence-electron chi connectivity index (χ4n) is 4.87. The third-order valence-electron chi connectivity index (χ3n) is 6.67. The summed E-state index contributed by atoms with van der Waals surface area (Å²) in [5, 5.41) is 0. The molecule has 4 heterocycles. The second kappa shape index (κ2) is 9.00. The van der Waals surface area contributed by atoms with Crippen LogP contribution in [0.15, 0.2) is 88.1 Å². The van der Waals surface area contributed by atoms with Gasteiger partial charge in [0.25, 0.3) is 5.91 Å². The molecular formula is C29H26N4O3. The third kappa shape index (κ3) is 4.02. The zero-order chi connectivity index (χ0) is 24.6. The first kappa shape index (κ1) is 22.1. The van der Waals surface area contributed by atoms with Crippen molar-refractivity contribution in [2.24, 2.45) is 0 Å². The van der Waals surface area contributed by atoms with E-state index in [2.05, 4.69) is 43.0 Å². The Morgan fingerprint density at radius 2 is 1.58 bits per heavy atom. The molecule has 5 aromatic rings. The number of carbonyl (C=O) groups excluding carboxylic acids is 1. The van der Waals surface area contributed by atoms with Gasteiger partial charge in [-0.05, 0) is 74.0 Å². The number of fused-ring (bicyclic) bond motifs is 1. The number of piperazine rings is 1. The molecule has 7 nitrogen and oxygen atoms in total. The molecular weight excluding hydrogens is 452 g/mol. The predicted molar refractivity (Wildman–Crippen MR) is 139 cm³/mol. The first-order chi connectivity index (χ1) is 17.6. The highest BCUT2D eigenvalue weighted by molar-refractivity contribution is 5.98. The van der Waals surface area contributed by atoms with E-state index in [1.165, 1.54) is 11.3 Å². The van der Waals surface area contributed by atoms with Crippen LogP contribution in [-0.4, -0.2) is 46.5 Å². The lowest BCUT2D eigenvalue weighted by atomic mass is 10.1. The molecule has 0 bridgehead atoms. The molecule has 2 aromatic carbocycles. The molecule has 36 heavy (non-hydrogen) atoms. The van der Waals surface area contributed by atoms with Gasteiger partial charge in [-0.3, -0.25) is 4.79 Å². The van der Waals surface area contributed by atoms with Gasteiger partial charge in [0.2, 0.25) is 0 Å². The van der Waals surface area contributed by atoms with E-state index in [1.807, 2.05) is 47.4 Å². The molecule has 1 fully saturated rings. The molecule has 1 amide bonds. The van der Waals surface area contributed by atoms with Crippen molar-refractivity contribution >= 4 is 22.6 Å². The fourth-order valence-corrected chi connectivity index (χ4v) is 4.87. The maximum atomic E-state index is 13.5. The van der Waals surface area contributed by atoms with E-state index < -0.39 is 0 Å². The lowest BCUT2D eigenvalue weighted by molar-refractivity contribution is 0.0726. The molecule has 7 heteroatoms. The Kier molecular flexibility index (Phi) is 5.52. The van der Waals surface area contributed by atoms with Crippen LogP contribution in [0, 0.1) is 6.92 Å². The molecule has 1 atom stereocenters. The number of hydrogen-bond donors (Lipinski definition) is 0. The van der Waals surface area contributed by atoms with E-state index in [4.69, 9.17) is 18.8 Å². The van der Waals surface area contributed by atoms with Gasteiger partial charge in [0.15, 0.2) is 11.5 Å². The average Bonchev–Trinajstić information content (AvgIpc) is 3.62. The van der Waals surface area contributed by atoms with Crippen LogP contribution < -0.4 is 4.90 Å². The molecule has 6 rings (SSSR count). The summed E-state index contributed by atoms with van der Waals surface area (Å²) in [5.41, 5.74) is 5.53.